The first kappa shape index (κ1) is 14.1. The van der Waals surface area contributed by atoms with E-state index >= 15 is 0 Å². The van der Waals surface area contributed by atoms with Crippen LogP contribution in [0.15, 0.2) is 48.5 Å². The van der Waals surface area contributed by atoms with Crippen molar-refractivity contribution >= 4 is 0 Å². The number of H-pyrrole nitrogens is 1. The number of hydrogen-bond donors (Lipinski definition) is 2. The van der Waals surface area contributed by atoms with Crippen LogP contribution in [0.1, 0.15) is 34.5 Å². The highest BCUT2D eigenvalue weighted by Crippen LogP contribution is 2.45. The predicted molar refractivity (Wildman–Crippen MR) is 88.0 cm³/mol. The zero-order valence-corrected chi connectivity index (χ0v) is 12.9. The molecule has 4 rings (SSSR count). The maximum atomic E-state index is 6.03. The Morgan fingerprint density at radius 1 is 0.957 bits per heavy atom. The van der Waals surface area contributed by atoms with Gasteiger partial charge in [-0.2, -0.15) is 5.21 Å². The third-order valence-corrected chi connectivity index (χ3v) is 4.86. The van der Waals surface area contributed by atoms with E-state index in [9.17, 15) is 0 Å². The smallest absolute Gasteiger partial charge is 0.189 e. The zero-order chi connectivity index (χ0) is 15.7. The lowest BCUT2D eigenvalue weighted by atomic mass is 9.69. The Labute approximate surface area is 134 Å². The number of nitrogens with zero attached hydrogens (tertiary/aromatic N) is 3. The first-order valence-corrected chi connectivity index (χ1v) is 7.97. The van der Waals surface area contributed by atoms with Crippen molar-refractivity contribution in [3.8, 4) is 0 Å². The van der Waals surface area contributed by atoms with E-state index in [0.29, 0.717) is 12.4 Å². The van der Waals surface area contributed by atoms with Crippen LogP contribution in [-0.2, 0) is 18.3 Å². The Balaban J connectivity index is 2.10. The molecule has 1 aromatic heterocycles. The quantitative estimate of drug-likeness (QED) is 0.775. The SMILES string of the molecule is NCCC1(c2nn[nH]n2)c2ccccc2CCc2ccccc21. The molecule has 0 radical (unpaired) electrons. The highest BCUT2D eigenvalue weighted by Gasteiger charge is 2.43. The summed E-state index contributed by atoms with van der Waals surface area (Å²) in [5.41, 5.74) is 10.8. The van der Waals surface area contributed by atoms with Gasteiger partial charge in [-0.3, -0.25) is 0 Å². The second kappa shape index (κ2) is 5.59. The molecule has 0 amide bonds. The Bertz CT molecular complexity index is 762. The fourth-order valence-corrected chi connectivity index (χ4v) is 3.90. The van der Waals surface area contributed by atoms with E-state index in [-0.39, 0.29) is 0 Å². The van der Waals surface area contributed by atoms with Crippen molar-refractivity contribution in [3.63, 3.8) is 0 Å². The van der Waals surface area contributed by atoms with E-state index in [1.54, 1.807) is 0 Å². The molecule has 3 N–H and O–H groups in total. The number of aromatic amines is 1. The fraction of sp³-hybridized carbons (Fsp3) is 0.278. The van der Waals surface area contributed by atoms with E-state index in [4.69, 9.17) is 5.73 Å². The molecule has 116 valence electrons. The van der Waals surface area contributed by atoms with Crippen LogP contribution >= 0.6 is 0 Å². The van der Waals surface area contributed by atoms with Crippen molar-refractivity contribution in [2.45, 2.75) is 24.7 Å². The minimum absolute atomic E-state index is 0.439. The number of aryl methyl sites for hydroxylation is 2. The van der Waals surface area contributed by atoms with Gasteiger partial charge in [0, 0.05) is 0 Å². The summed E-state index contributed by atoms with van der Waals surface area (Å²) in [4.78, 5) is 0. The van der Waals surface area contributed by atoms with Crippen LogP contribution in [0.2, 0.25) is 0 Å². The molecule has 5 heteroatoms. The monoisotopic (exact) mass is 305 g/mol. The molecule has 0 bridgehead atoms. The Kier molecular flexibility index (Phi) is 3.42. The number of nitrogens with one attached hydrogen (secondary N) is 1. The molecule has 0 unspecified atom stereocenters. The first-order valence-electron chi connectivity index (χ1n) is 7.97. The van der Waals surface area contributed by atoms with Crippen molar-refractivity contribution in [2.24, 2.45) is 5.73 Å². The van der Waals surface area contributed by atoms with E-state index in [1.807, 2.05) is 0 Å². The van der Waals surface area contributed by atoms with Gasteiger partial charge in [-0.1, -0.05) is 53.7 Å². The third kappa shape index (κ3) is 2.08. The van der Waals surface area contributed by atoms with Gasteiger partial charge in [-0.25, -0.2) is 0 Å². The number of fused-ring (bicyclic) bond motifs is 2. The molecule has 0 atom stereocenters. The van der Waals surface area contributed by atoms with Gasteiger partial charge < -0.3 is 5.73 Å². The molecular formula is C18H19N5. The number of rotatable bonds is 3. The molecule has 0 saturated heterocycles. The van der Waals surface area contributed by atoms with Gasteiger partial charge in [0.05, 0.1) is 5.41 Å². The molecule has 3 aromatic rings. The Hall–Kier alpha value is -2.53. The lowest BCUT2D eigenvalue weighted by Gasteiger charge is -2.33. The van der Waals surface area contributed by atoms with Gasteiger partial charge in [0.1, 0.15) is 0 Å². The summed E-state index contributed by atoms with van der Waals surface area (Å²) in [6.07, 6.45) is 2.77. The van der Waals surface area contributed by atoms with Crippen LogP contribution in [-0.4, -0.2) is 27.2 Å². The number of tetrazole rings is 1. The van der Waals surface area contributed by atoms with Gasteiger partial charge in [0.2, 0.25) is 0 Å². The Morgan fingerprint density at radius 2 is 1.57 bits per heavy atom. The van der Waals surface area contributed by atoms with Crippen LogP contribution in [0.4, 0.5) is 0 Å². The highest BCUT2D eigenvalue weighted by atomic mass is 15.5. The van der Waals surface area contributed by atoms with E-state index in [0.717, 1.165) is 19.3 Å². The fourth-order valence-electron chi connectivity index (χ4n) is 3.90. The minimum atomic E-state index is -0.439. The molecule has 1 aliphatic rings. The summed E-state index contributed by atoms with van der Waals surface area (Å²) >= 11 is 0. The maximum absolute atomic E-state index is 6.03. The predicted octanol–water partition coefficient (Wildman–Crippen LogP) is 1.98. The largest absolute Gasteiger partial charge is 0.330 e. The van der Waals surface area contributed by atoms with Crippen LogP contribution in [0.3, 0.4) is 0 Å². The minimum Gasteiger partial charge on any atom is -0.330 e. The summed E-state index contributed by atoms with van der Waals surface area (Å²) in [6.45, 7) is 0.553. The zero-order valence-electron chi connectivity index (χ0n) is 12.9. The molecular weight excluding hydrogens is 286 g/mol. The van der Waals surface area contributed by atoms with Gasteiger partial charge >= 0.3 is 0 Å². The van der Waals surface area contributed by atoms with Crippen molar-refractivity contribution < 1.29 is 0 Å². The summed E-state index contributed by atoms with van der Waals surface area (Å²) in [5.74, 6) is 0.699. The van der Waals surface area contributed by atoms with Gasteiger partial charge in [-0.15, -0.1) is 10.2 Å². The maximum Gasteiger partial charge on any atom is 0.189 e. The number of aromatic nitrogens is 4. The molecule has 0 saturated carbocycles. The van der Waals surface area contributed by atoms with E-state index in [2.05, 4.69) is 69.2 Å². The average Bonchev–Trinajstić information content (AvgIpc) is 3.09. The lowest BCUT2D eigenvalue weighted by molar-refractivity contribution is 0.531. The van der Waals surface area contributed by atoms with Gasteiger partial charge in [-0.05, 0) is 48.1 Å². The summed E-state index contributed by atoms with van der Waals surface area (Å²) in [6, 6.07) is 17.1. The number of benzene rings is 2. The first-order chi connectivity index (χ1) is 11.4. The molecule has 0 aliphatic heterocycles. The highest BCUT2D eigenvalue weighted by molar-refractivity contribution is 5.54. The molecule has 2 aromatic carbocycles. The summed E-state index contributed by atoms with van der Waals surface area (Å²) in [7, 11) is 0. The van der Waals surface area contributed by atoms with E-state index in [1.165, 1.54) is 22.3 Å². The second-order valence-electron chi connectivity index (χ2n) is 5.99. The molecule has 1 heterocycles. The van der Waals surface area contributed by atoms with Gasteiger partial charge in [0.15, 0.2) is 5.82 Å². The van der Waals surface area contributed by atoms with Crippen molar-refractivity contribution in [1.29, 1.82) is 0 Å². The van der Waals surface area contributed by atoms with Crippen LogP contribution < -0.4 is 5.73 Å². The van der Waals surface area contributed by atoms with Gasteiger partial charge in [0.25, 0.3) is 0 Å². The van der Waals surface area contributed by atoms with Crippen molar-refractivity contribution in [2.75, 3.05) is 6.54 Å². The number of hydrogen-bond acceptors (Lipinski definition) is 4. The number of nitrogens with two attached hydrogens (primary N) is 1. The van der Waals surface area contributed by atoms with Crippen molar-refractivity contribution in [3.05, 3.63) is 76.6 Å². The van der Waals surface area contributed by atoms with Crippen LogP contribution in [0.5, 0.6) is 0 Å². The van der Waals surface area contributed by atoms with Crippen LogP contribution in [0, 0.1) is 0 Å². The Morgan fingerprint density at radius 3 is 2.09 bits per heavy atom. The normalized spacial score (nSPS) is 15.5. The van der Waals surface area contributed by atoms with E-state index < -0.39 is 5.41 Å². The molecule has 5 nitrogen and oxygen atoms in total. The van der Waals surface area contributed by atoms with Crippen LogP contribution in [0.25, 0.3) is 0 Å². The average molecular weight is 305 g/mol. The molecule has 1 aliphatic carbocycles. The molecule has 23 heavy (non-hydrogen) atoms. The second-order valence-corrected chi connectivity index (χ2v) is 5.99. The lowest BCUT2D eigenvalue weighted by Crippen LogP contribution is -2.34. The summed E-state index contributed by atoms with van der Waals surface area (Å²) in [5, 5.41) is 15.2. The van der Waals surface area contributed by atoms with Crippen molar-refractivity contribution in [1.82, 2.24) is 20.6 Å². The summed E-state index contributed by atoms with van der Waals surface area (Å²) < 4.78 is 0. The molecule has 0 fully saturated rings. The standard InChI is InChI=1S/C18H19N5/c19-12-11-18(17-20-22-23-21-17)15-7-3-1-5-13(15)9-10-14-6-2-4-8-16(14)18/h1-8H,9-12,19H2,(H,20,21,22,23). The third-order valence-electron chi connectivity index (χ3n) is 4.86. The molecule has 0 spiro atoms. The topological polar surface area (TPSA) is 80.5 Å².